The molecule has 0 radical (unpaired) electrons. The average molecular weight is 439 g/mol. The normalized spacial score (nSPS) is 24.9. The first-order valence-corrected chi connectivity index (χ1v) is 11.9. The molecule has 4 atom stereocenters. The number of fused-ring (bicyclic) bond motifs is 3. The van der Waals surface area contributed by atoms with E-state index in [0.29, 0.717) is 18.5 Å². The summed E-state index contributed by atoms with van der Waals surface area (Å²) in [4.78, 5) is 15.5. The van der Waals surface area contributed by atoms with Gasteiger partial charge in [-0.05, 0) is 30.2 Å². The zero-order valence-electron chi connectivity index (χ0n) is 17.4. The van der Waals surface area contributed by atoms with E-state index in [9.17, 15) is 4.79 Å². The highest BCUT2D eigenvalue weighted by Crippen LogP contribution is 2.28. The van der Waals surface area contributed by atoms with Crippen molar-refractivity contribution < 1.29 is 14.1 Å². The molecule has 3 aromatic rings. The van der Waals surface area contributed by atoms with Crippen molar-refractivity contribution in [1.82, 2.24) is 20.3 Å². The van der Waals surface area contributed by atoms with Crippen molar-refractivity contribution in [3.63, 3.8) is 0 Å². The highest BCUT2D eigenvalue weighted by molar-refractivity contribution is 7.98. The molecule has 5 heterocycles. The number of furan rings is 1. The number of nitrogens with zero attached hydrogens (tertiary/aromatic N) is 3. The predicted octanol–water partition coefficient (Wildman–Crippen LogP) is 1.77. The molecule has 162 valence electrons. The molecule has 0 aliphatic carbocycles. The van der Waals surface area contributed by atoms with Crippen LogP contribution in [-0.2, 0) is 23.6 Å². The fraction of sp³-hybridized carbons (Fsp3) is 0.435. The maximum atomic E-state index is 12.7. The molecule has 0 spiro atoms. The van der Waals surface area contributed by atoms with Gasteiger partial charge in [0.05, 0.1) is 44.1 Å². The topological polar surface area (TPSA) is 77.4 Å². The van der Waals surface area contributed by atoms with Gasteiger partial charge in [0.1, 0.15) is 11.8 Å². The summed E-state index contributed by atoms with van der Waals surface area (Å²) in [5.41, 5.74) is 1.01. The first-order chi connectivity index (χ1) is 15.2. The molecular formula is C23H28N5O2S+. The number of rotatable bonds is 8. The third kappa shape index (κ3) is 4.85. The second-order valence-corrected chi connectivity index (χ2v) is 9.58. The van der Waals surface area contributed by atoms with Crippen LogP contribution < -0.4 is 10.2 Å². The second-order valence-electron chi connectivity index (χ2n) is 8.53. The molecule has 3 aliphatic heterocycles. The minimum Gasteiger partial charge on any atom is -0.467 e. The number of thioether (sulfide) groups is 1. The number of carbonyl (C=O) groups excluding carboxylic acids is 1. The Morgan fingerprint density at radius 2 is 2.16 bits per heavy atom. The number of amides is 1. The van der Waals surface area contributed by atoms with Crippen LogP contribution in [0.1, 0.15) is 24.3 Å². The van der Waals surface area contributed by atoms with E-state index in [0.717, 1.165) is 49.7 Å². The minimum absolute atomic E-state index is 0.101. The Balaban J connectivity index is 1.13. The number of benzene rings is 1. The minimum atomic E-state index is 0.101. The Morgan fingerprint density at radius 1 is 1.26 bits per heavy atom. The SMILES string of the molecule is O=C(NCc1ccco1)[C@H]1C[NH+]2CC[C@@H]1C[C@@H]2Cn1cc(CSc2ccccc2)nn1. The van der Waals surface area contributed by atoms with Gasteiger partial charge in [0.25, 0.3) is 0 Å². The van der Waals surface area contributed by atoms with Crippen LogP contribution >= 0.6 is 11.8 Å². The van der Waals surface area contributed by atoms with Gasteiger partial charge in [-0.3, -0.25) is 4.79 Å². The van der Waals surface area contributed by atoms with Gasteiger partial charge in [0, 0.05) is 29.7 Å². The first-order valence-electron chi connectivity index (χ1n) is 11.0. The van der Waals surface area contributed by atoms with Gasteiger partial charge in [-0.25, -0.2) is 4.68 Å². The number of quaternary nitrogens is 1. The van der Waals surface area contributed by atoms with E-state index in [2.05, 4.69) is 46.1 Å². The summed E-state index contributed by atoms with van der Waals surface area (Å²) in [7, 11) is 0. The average Bonchev–Trinajstić information content (AvgIpc) is 3.49. The van der Waals surface area contributed by atoms with Crippen molar-refractivity contribution in [2.24, 2.45) is 11.8 Å². The van der Waals surface area contributed by atoms with Crippen LogP contribution in [0, 0.1) is 11.8 Å². The number of nitrogens with one attached hydrogen (secondary N) is 2. The lowest BCUT2D eigenvalue weighted by Gasteiger charge is -2.46. The lowest BCUT2D eigenvalue weighted by Crippen LogP contribution is -3.20. The van der Waals surface area contributed by atoms with E-state index in [1.54, 1.807) is 18.0 Å². The van der Waals surface area contributed by atoms with Gasteiger partial charge in [-0.1, -0.05) is 23.4 Å². The summed E-state index contributed by atoms with van der Waals surface area (Å²) < 4.78 is 7.32. The monoisotopic (exact) mass is 438 g/mol. The van der Waals surface area contributed by atoms with Crippen molar-refractivity contribution in [3.05, 3.63) is 66.4 Å². The summed E-state index contributed by atoms with van der Waals surface area (Å²) >= 11 is 1.78. The highest BCUT2D eigenvalue weighted by Gasteiger charge is 2.46. The standard InChI is InChI=1S/C23H27N5O2S/c29-23(24-12-20-5-4-10-30-20)22-15-27-9-8-17(22)11-19(27)14-28-13-18(25-26-28)16-31-21-6-2-1-3-7-21/h1-7,10,13,17,19,22H,8-9,11-12,14-16H2,(H,24,29)/p+1/t17-,19-,22+/m1/s1. The summed E-state index contributed by atoms with van der Waals surface area (Å²) in [5, 5.41) is 11.8. The third-order valence-corrected chi connectivity index (χ3v) is 7.57. The molecule has 1 unspecified atom stereocenters. The molecule has 3 fully saturated rings. The zero-order chi connectivity index (χ0) is 21.0. The lowest BCUT2D eigenvalue weighted by atomic mass is 9.75. The van der Waals surface area contributed by atoms with Crippen molar-refractivity contribution in [3.8, 4) is 0 Å². The molecule has 8 heteroatoms. The second kappa shape index (κ2) is 9.28. The fourth-order valence-electron chi connectivity index (χ4n) is 4.93. The summed E-state index contributed by atoms with van der Waals surface area (Å²) in [6, 6.07) is 14.6. The quantitative estimate of drug-likeness (QED) is 0.524. The number of piperidine rings is 3. The number of hydrogen-bond acceptors (Lipinski definition) is 5. The highest BCUT2D eigenvalue weighted by atomic mass is 32.2. The Bertz CT molecular complexity index is 991. The van der Waals surface area contributed by atoms with Gasteiger partial charge < -0.3 is 14.6 Å². The Morgan fingerprint density at radius 3 is 2.94 bits per heavy atom. The number of aromatic nitrogens is 3. The van der Waals surface area contributed by atoms with E-state index >= 15 is 0 Å². The van der Waals surface area contributed by atoms with Gasteiger partial charge in [-0.2, -0.15) is 0 Å². The fourth-order valence-corrected chi connectivity index (χ4v) is 5.73. The van der Waals surface area contributed by atoms with Crippen LogP contribution in [0.4, 0.5) is 0 Å². The van der Waals surface area contributed by atoms with Crippen molar-refractivity contribution >= 4 is 17.7 Å². The van der Waals surface area contributed by atoms with E-state index in [-0.39, 0.29) is 11.8 Å². The van der Waals surface area contributed by atoms with Gasteiger partial charge >= 0.3 is 0 Å². The van der Waals surface area contributed by atoms with Crippen LogP contribution in [0.15, 0.2) is 64.2 Å². The van der Waals surface area contributed by atoms with Crippen molar-refractivity contribution in [1.29, 1.82) is 0 Å². The van der Waals surface area contributed by atoms with Crippen LogP contribution in [0.3, 0.4) is 0 Å². The van der Waals surface area contributed by atoms with E-state index in [1.165, 1.54) is 9.80 Å². The number of hydrogen-bond donors (Lipinski definition) is 2. The molecule has 3 aliphatic rings. The molecule has 0 saturated carbocycles. The molecule has 2 aromatic heterocycles. The van der Waals surface area contributed by atoms with Gasteiger partial charge in [0.2, 0.25) is 5.91 Å². The molecule has 2 bridgehead atoms. The van der Waals surface area contributed by atoms with Crippen molar-refractivity contribution in [2.45, 2.75) is 42.6 Å². The summed E-state index contributed by atoms with van der Waals surface area (Å²) in [5.74, 6) is 2.34. The molecule has 1 aromatic carbocycles. The van der Waals surface area contributed by atoms with Crippen molar-refractivity contribution in [2.75, 3.05) is 13.1 Å². The first kappa shape index (κ1) is 20.3. The van der Waals surface area contributed by atoms with E-state index in [4.69, 9.17) is 4.42 Å². The summed E-state index contributed by atoms with van der Waals surface area (Å²) in [6.45, 7) is 3.39. The molecule has 31 heavy (non-hydrogen) atoms. The predicted molar refractivity (Wildman–Crippen MR) is 117 cm³/mol. The Hall–Kier alpha value is -2.58. The van der Waals surface area contributed by atoms with Gasteiger partial charge in [0.15, 0.2) is 0 Å². The maximum absolute atomic E-state index is 12.7. The molecule has 1 amide bonds. The van der Waals surface area contributed by atoms with Crippen LogP contribution in [-0.4, -0.2) is 40.0 Å². The number of carbonyl (C=O) groups is 1. The molecule has 7 nitrogen and oxygen atoms in total. The smallest absolute Gasteiger partial charge is 0.229 e. The largest absolute Gasteiger partial charge is 0.467 e. The molecule has 6 rings (SSSR count). The Labute approximate surface area is 186 Å². The van der Waals surface area contributed by atoms with E-state index in [1.807, 2.05) is 22.9 Å². The zero-order valence-corrected chi connectivity index (χ0v) is 18.3. The maximum Gasteiger partial charge on any atom is 0.229 e. The van der Waals surface area contributed by atoms with Gasteiger partial charge in [-0.15, -0.1) is 16.9 Å². The lowest BCUT2D eigenvalue weighted by molar-refractivity contribution is -0.945. The van der Waals surface area contributed by atoms with E-state index < -0.39 is 0 Å². The van der Waals surface area contributed by atoms with Crippen LogP contribution in [0.2, 0.25) is 0 Å². The van der Waals surface area contributed by atoms with Crippen LogP contribution in [0.25, 0.3) is 0 Å². The third-order valence-electron chi connectivity index (χ3n) is 6.53. The molecule has 3 saturated heterocycles. The summed E-state index contributed by atoms with van der Waals surface area (Å²) in [6.07, 6.45) is 5.91. The Kier molecular flexibility index (Phi) is 6.08. The molecule has 2 N–H and O–H groups in total. The molecular weight excluding hydrogens is 410 g/mol. The van der Waals surface area contributed by atoms with Crippen LogP contribution in [0.5, 0.6) is 0 Å².